The maximum atomic E-state index is 13.7. The molecule has 0 radical (unpaired) electrons. The van der Waals surface area contributed by atoms with Crippen molar-refractivity contribution in [1.82, 2.24) is 0 Å². The third kappa shape index (κ3) is 3.46. The zero-order valence-corrected chi connectivity index (χ0v) is 12.8. The highest BCUT2D eigenvalue weighted by atomic mass is 35.5. The van der Waals surface area contributed by atoms with Crippen LogP contribution < -0.4 is 9.64 Å². The summed E-state index contributed by atoms with van der Waals surface area (Å²) in [7, 11) is 3.08. The molecule has 0 saturated carbocycles. The molecule has 0 amide bonds. The summed E-state index contributed by atoms with van der Waals surface area (Å²) in [5, 5.41) is 11.4. The van der Waals surface area contributed by atoms with Crippen molar-refractivity contribution in [2.45, 2.75) is 6.54 Å². The largest absolute Gasteiger partial charge is 0.494 e. The van der Waals surface area contributed by atoms with Crippen LogP contribution in [0.25, 0.3) is 0 Å². The summed E-state index contributed by atoms with van der Waals surface area (Å²) in [6, 6.07) is 9.02. The van der Waals surface area contributed by atoms with Crippen LogP contribution in [0.4, 0.5) is 15.8 Å². The van der Waals surface area contributed by atoms with Gasteiger partial charge in [0.15, 0.2) is 11.6 Å². The number of anilines is 1. The van der Waals surface area contributed by atoms with E-state index in [1.54, 1.807) is 30.1 Å². The number of nitro benzene ring substituents is 1. The number of nitrogens with zero attached hydrogens (tertiary/aromatic N) is 2. The number of hydrogen-bond acceptors (Lipinski definition) is 4. The van der Waals surface area contributed by atoms with E-state index in [1.165, 1.54) is 25.3 Å². The van der Waals surface area contributed by atoms with Gasteiger partial charge < -0.3 is 9.64 Å². The molecule has 2 rings (SSSR count). The summed E-state index contributed by atoms with van der Waals surface area (Å²) < 4.78 is 18.6. The molecule has 0 aliphatic carbocycles. The van der Waals surface area contributed by atoms with Gasteiger partial charge in [0.1, 0.15) is 5.69 Å². The van der Waals surface area contributed by atoms with Crippen molar-refractivity contribution in [3.63, 3.8) is 0 Å². The van der Waals surface area contributed by atoms with E-state index < -0.39 is 10.7 Å². The van der Waals surface area contributed by atoms with Crippen LogP contribution in [0.1, 0.15) is 5.56 Å². The van der Waals surface area contributed by atoms with Gasteiger partial charge in [-0.3, -0.25) is 10.1 Å². The van der Waals surface area contributed by atoms with Crippen LogP contribution in [0.15, 0.2) is 36.4 Å². The Hall–Kier alpha value is -2.34. The first-order valence-electron chi connectivity index (χ1n) is 6.40. The van der Waals surface area contributed by atoms with E-state index in [0.29, 0.717) is 22.8 Å². The molecule has 0 atom stereocenters. The molecule has 0 aliphatic heterocycles. The zero-order chi connectivity index (χ0) is 16.3. The first-order valence-corrected chi connectivity index (χ1v) is 6.77. The molecule has 0 aliphatic rings. The molecule has 0 fully saturated rings. The number of ether oxygens (including phenoxy) is 1. The Morgan fingerprint density at radius 3 is 2.64 bits per heavy atom. The van der Waals surface area contributed by atoms with Crippen molar-refractivity contribution in [1.29, 1.82) is 0 Å². The predicted molar refractivity (Wildman–Crippen MR) is 83.2 cm³/mol. The lowest BCUT2D eigenvalue weighted by atomic mass is 10.1. The highest BCUT2D eigenvalue weighted by Crippen LogP contribution is 2.31. The lowest BCUT2D eigenvalue weighted by Gasteiger charge is -2.19. The summed E-state index contributed by atoms with van der Waals surface area (Å²) in [6.45, 7) is 0.309. The van der Waals surface area contributed by atoms with Gasteiger partial charge in [-0.1, -0.05) is 17.7 Å². The SMILES string of the molecule is COc1ccc(CN(C)c2ccc(Cl)cc2[N+](=O)[O-])cc1F. The maximum absolute atomic E-state index is 13.7. The third-order valence-corrected chi connectivity index (χ3v) is 3.42. The van der Waals surface area contributed by atoms with Gasteiger partial charge in [0.05, 0.1) is 12.0 Å². The van der Waals surface area contributed by atoms with E-state index in [4.69, 9.17) is 16.3 Å². The standard InChI is InChI=1S/C15H14ClFN2O3/c1-18(9-10-3-6-15(22-2)12(17)7-10)13-5-4-11(16)8-14(13)19(20)21/h3-8H,9H2,1-2H3. The molecular formula is C15H14ClFN2O3. The number of hydrogen-bond donors (Lipinski definition) is 0. The Labute approximate surface area is 132 Å². The van der Waals surface area contributed by atoms with Crippen molar-refractivity contribution in [2.75, 3.05) is 19.1 Å². The second kappa shape index (κ2) is 6.62. The summed E-state index contributed by atoms with van der Waals surface area (Å²) in [5.74, 6) is -0.317. The molecule has 22 heavy (non-hydrogen) atoms. The number of benzene rings is 2. The molecular weight excluding hydrogens is 311 g/mol. The van der Waals surface area contributed by atoms with Crippen LogP contribution in [0.3, 0.4) is 0 Å². The molecule has 0 unspecified atom stereocenters. The fourth-order valence-corrected chi connectivity index (χ4v) is 2.30. The molecule has 0 saturated heterocycles. The van der Waals surface area contributed by atoms with E-state index >= 15 is 0 Å². The van der Waals surface area contributed by atoms with E-state index in [9.17, 15) is 14.5 Å². The first kappa shape index (κ1) is 16.0. The van der Waals surface area contributed by atoms with Gasteiger partial charge in [0.2, 0.25) is 0 Å². The van der Waals surface area contributed by atoms with E-state index in [2.05, 4.69) is 0 Å². The topological polar surface area (TPSA) is 55.6 Å². The fraction of sp³-hybridized carbons (Fsp3) is 0.200. The van der Waals surface area contributed by atoms with Crippen LogP contribution in [0, 0.1) is 15.9 Å². The minimum Gasteiger partial charge on any atom is -0.494 e. The van der Waals surface area contributed by atoms with Crippen LogP contribution in [-0.2, 0) is 6.54 Å². The van der Waals surface area contributed by atoms with Crippen molar-refractivity contribution in [3.05, 3.63) is 62.9 Å². The number of rotatable bonds is 5. The smallest absolute Gasteiger partial charge is 0.294 e. The average molecular weight is 325 g/mol. The first-order chi connectivity index (χ1) is 10.4. The summed E-state index contributed by atoms with van der Waals surface area (Å²) in [4.78, 5) is 12.3. The van der Waals surface area contributed by atoms with Crippen LogP contribution in [-0.4, -0.2) is 19.1 Å². The molecule has 7 heteroatoms. The average Bonchev–Trinajstić information content (AvgIpc) is 2.47. The van der Waals surface area contributed by atoms with Crippen molar-refractivity contribution < 1.29 is 14.1 Å². The fourth-order valence-electron chi connectivity index (χ4n) is 2.13. The Balaban J connectivity index is 2.27. The number of methoxy groups -OCH3 is 1. The lowest BCUT2D eigenvalue weighted by molar-refractivity contribution is -0.384. The number of nitro groups is 1. The second-order valence-electron chi connectivity index (χ2n) is 4.72. The van der Waals surface area contributed by atoms with Crippen molar-refractivity contribution in [3.8, 4) is 5.75 Å². The van der Waals surface area contributed by atoms with Gasteiger partial charge >= 0.3 is 0 Å². The van der Waals surface area contributed by atoms with E-state index in [1.807, 2.05) is 0 Å². The highest BCUT2D eigenvalue weighted by molar-refractivity contribution is 6.30. The summed E-state index contributed by atoms with van der Waals surface area (Å²) in [6.07, 6.45) is 0. The summed E-state index contributed by atoms with van der Waals surface area (Å²) >= 11 is 5.79. The van der Waals surface area contributed by atoms with Gasteiger partial charge in [-0.15, -0.1) is 0 Å². The molecule has 2 aromatic rings. The molecule has 116 valence electrons. The van der Waals surface area contributed by atoms with Gasteiger partial charge in [0, 0.05) is 24.7 Å². The number of halogens is 2. The molecule has 0 N–H and O–H groups in total. The molecule has 5 nitrogen and oxygen atoms in total. The van der Waals surface area contributed by atoms with E-state index in [-0.39, 0.29) is 11.4 Å². The maximum Gasteiger partial charge on any atom is 0.294 e. The predicted octanol–water partition coefficient (Wildman–Crippen LogP) is 4.03. The van der Waals surface area contributed by atoms with Crippen LogP contribution in [0.2, 0.25) is 5.02 Å². The lowest BCUT2D eigenvalue weighted by Crippen LogP contribution is -2.17. The van der Waals surface area contributed by atoms with Crippen molar-refractivity contribution >= 4 is 23.0 Å². The Morgan fingerprint density at radius 2 is 2.05 bits per heavy atom. The second-order valence-corrected chi connectivity index (χ2v) is 5.15. The van der Waals surface area contributed by atoms with Gasteiger partial charge in [0.25, 0.3) is 5.69 Å². The van der Waals surface area contributed by atoms with Gasteiger partial charge in [-0.2, -0.15) is 0 Å². The third-order valence-electron chi connectivity index (χ3n) is 3.18. The minimum absolute atomic E-state index is 0.0935. The summed E-state index contributed by atoms with van der Waals surface area (Å²) in [5.41, 5.74) is 0.986. The Kier molecular flexibility index (Phi) is 4.82. The quantitative estimate of drug-likeness (QED) is 0.615. The van der Waals surface area contributed by atoms with Gasteiger partial charge in [-0.05, 0) is 29.8 Å². The molecule has 0 heterocycles. The monoisotopic (exact) mass is 324 g/mol. The molecule has 0 spiro atoms. The van der Waals surface area contributed by atoms with Gasteiger partial charge in [-0.25, -0.2) is 4.39 Å². The highest BCUT2D eigenvalue weighted by Gasteiger charge is 2.18. The molecule has 2 aromatic carbocycles. The van der Waals surface area contributed by atoms with E-state index in [0.717, 1.165) is 0 Å². The van der Waals surface area contributed by atoms with Crippen LogP contribution >= 0.6 is 11.6 Å². The molecule has 0 bridgehead atoms. The normalized spacial score (nSPS) is 10.4. The Morgan fingerprint density at radius 1 is 1.32 bits per heavy atom. The van der Waals surface area contributed by atoms with Crippen LogP contribution in [0.5, 0.6) is 5.75 Å². The van der Waals surface area contributed by atoms with Crippen molar-refractivity contribution in [2.24, 2.45) is 0 Å². The minimum atomic E-state index is -0.494. The molecule has 0 aromatic heterocycles. The Bertz CT molecular complexity index is 709. The zero-order valence-electron chi connectivity index (χ0n) is 12.0.